The second-order valence-corrected chi connectivity index (χ2v) is 2.00. The van der Waals surface area contributed by atoms with E-state index in [1.807, 2.05) is 0 Å². The van der Waals surface area contributed by atoms with Crippen molar-refractivity contribution in [3.05, 3.63) is 12.7 Å². The molecule has 1 amide bonds. The zero-order valence-corrected chi connectivity index (χ0v) is 6.78. The molecule has 0 aliphatic rings. The summed E-state index contributed by atoms with van der Waals surface area (Å²) >= 11 is 0. The molecular formula is C7H11NO4. The maximum atomic E-state index is 10.8. The third-order valence-corrected chi connectivity index (χ3v) is 0.968. The van der Waals surface area contributed by atoms with E-state index in [1.165, 1.54) is 13.0 Å². The van der Waals surface area contributed by atoms with Gasteiger partial charge in [0.25, 0.3) is 0 Å². The molecule has 0 saturated heterocycles. The highest BCUT2D eigenvalue weighted by atomic mass is 16.6. The lowest BCUT2D eigenvalue weighted by Gasteiger charge is -2.09. The molecule has 12 heavy (non-hydrogen) atoms. The maximum Gasteiger partial charge on any atom is 0.405 e. The van der Waals surface area contributed by atoms with Crippen LogP contribution in [0.1, 0.15) is 6.92 Å². The average molecular weight is 173 g/mol. The maximum absolute atomic E-state index is 10.8. The molecule has 0 aromatic rings. The Kier molecular flexibility index (Phi) is 4.52. The van der Waals surface area contributed by atoms with Crippen molar-refractivity contribution in [2.24, 2.45) is 5.73 Å². The van der Waals surface area contributed by atoms with Gasteiger partial charge in [-0.05, 0) is 6.92 Å². The standard InChI is InChI=1S/C7H11NO4/c1-3-4-11-6(9)5(2)12-7(8)10/h3,5H,1,4H2,2H3,(H2,8,10). The first-order valence-electron chi connectivity index (χ1n) is 3.31. The van der Waals surface area contributed by atoms with Crippen molar-refractivity contribution in [1.82, 2.24) is 0 Å². The molecular weight excluding hydrogens is 162 g/mol. The normalized spacial score (nSPS) is 11.4. The van der Waals surface area contributed by atoms with E-state index in [0.29, 0.717) is 0 Å². The number of primary amides is 1. The molecule has 0 aliphatic carbocycles. The molecule has 0 bridgehead atoms. The number of esters is 1. The van der Waals surface area contributed by atoms with Crippen LogP contribution in [-0.4, -0.2) is 24.8 Å². The minimum atomic E-state index is -1.00. The number of rotatable bonds is 4. The highest BCUT2D eigenvalue weighted by Gasteiger charge is 2.16. The first-order chi connectivity index (χ1) is 5.57. The van der Waals surface area contributed by atoms with E-state index in [2.05, 4.69) is 21.8 Å². The molecule has 0 fully saturated rings. The van der Waals surface area contributed by atoms with Gasteiger partial charge in [-0.2, -0.15) is 0 Å². The van der Waals surface area contributed by atoms with E-state index in [0.717, 1.165) is 0 Å². The molecule has 0 aliphatic heterocycles. The lowest BCUT2D eigenvalue weighted by atomic mass is 10.4. The minimum Gasteiger partial charge on any atom is -0.459 e. The number of nitrogens with two attached hydrogens (primary N) is 1. The van der Waals surface area contributed by atoms with E-state index >= 15 is 0 Å². The monoisotopic (exact) mass is 173 g/mol. The molecule has 2 N–H and O–H groups in total. The van der Waals surface area contributed by atoms with Gasteiger partial charge in [0, 0.05) is 0 Å². The van der Waals surface area contributed by atoms with Crippen molar-refractivity contribution >= 4 is 12.1 Å². The number of ether oxygens (including phenoxy) is 2. The highest BCUT2D eigenvalue weighted by Crippen LogP contribution is 1.94. The first kappa shape index (κ1) is 10.5. The van der Waals surface area contributed by atoms with Crippen molar-refractivity contribution in [3.8, 4) is 0 Å². The minimum absolute atomic E-state index is 0.0886. The summed E-state index contributed by atoms with van der Waals surface area (Å²) in [4.78, 5) is 21.0. The molecule has 5 nitrogen and oxygen atoms in total. The van der Waals surface area contributed by atoms with E-state index in [-0.39, 0.29) is 6.61 Å². The van der Waals surface area contributed by atoms with Crippen LogP contribution < -0.4 is 5.73 Å². The number of amides is 1. The Bertz CT molecular complexity index is 190. The van der Waals surface area contributed by atoms with E-state index < -0.39 is 18.2 Å². The van der Waals surface area contributed by atoms with Crippen molar-refractivity contribution < 1.29 is 19.1 Å². The Morgan fingerprint density at radius 3 is 2.67 bits per heavy atom. The summed E-state index contributed by atoms with van der Waals surface area (Å²) in [5.41, 5.74) is 4.67. The van der Waals surface area contributed by atoms with Crippen LogP contribution in [0.3, 0.4) is 0 Å². The molecule has 5 heteroatoms. The van der Waals surface area contributed by atoms with Crippen LogP contribution in [0.25, 0.3) is 0 Å². The van der Waals surface area contributed by atoms with Crippen molar-refractivity contribution in [2.75, 3.05) is 6.61 Å². The summed E-state index contributed by atoms with van der Waals surface area (Å²) in [6.07, 6.45) is -0.560. The van der Waals surface area contributed by atoms with Crippen molar-refractivity contribution in [2.45, 2.75) is 13.0 Å². The number of hydrogen-bond donors (Lipinski definition) is 1. The van der Waals surface area contributed by atoms with Gasteiger partial charge in [0.2, 0.25) is 0 Å². The molecule has 0 rings (SSSR count). The largest absolute Gasteiger partial charge is 0.459 e. The summed E-state index contributed by atoms with van der Waals surface area (Å²) in [7, 11) is 0. The highest BCUT2D eigenvalue weighted by molar-refractivity contribution is 5.77. The van der Waals surface area contributed by atoms with Crippen LogP contribution in [0, 0.1) is 0 Å². The Hall–Kier alpha value is -1.52. The summed E-state index contributed by atoms with van der Waals surface area (Å²) in [6.45, 7) is 4.80. The van der Waals surface area contributed by atoms with Gasteiger partial charge in [0.15, 0.2) is 6.10 Å². The quantitative estimate of drug-likeness (QED) is 0.486. The van der Waals surface area contributed by atoms with Gasteiger partial charge >= 0.3 is 12.1 Å². The molecule has 1 unspecified atom stereocenters. The van der Waals surface area contributed by atoms with Gasteiger partial charge < -0.3 is 15.2 Å². The number of hydrogen-bond acceptors (Lipinski definition) is 4. The summed E-state index contributed by atoms with van der Waals surface area (Å²) in [6, 6.07) is 0. The first-order valence-corrected chi connectivity index (χ1v) is 3.31. The molecule has 0 radical (unpaired) electrons. The fourth-order valence-corrected chi connectivity index (χ4v) is 0.481. The SMILES string of the molecule is C=CCOC(=O)C(C)OC(N)=O. The van der Waals surface area contributed by atoms with E-state index in [1.54, 1.807) is 0 Å². The van der Waals surface area contributed by atoms with Gasteiger partial charge in [-0.1, -0.05) is 12.7 Å². The molecule has 68 valence electrons. The van der Waals surface area contributed by atoms with Crippen LogP contribution in [0.5, 0.6) is 0 Å². The second-order valence-electron chi connectivity index (χ2n) is 2.00. The lowest BCUT2D eigenvalue weighted by Crippen LogP contribution is -2.28. The number of carbonyl (C=O) groups is 2. The molecule has 0 spiro atoms. The Morgan fingerprint density at radius 1 is 1.67 bits per heavy atom. The average Bonchev–Trinajstić information content (AvgIpc) is 1.98. The van der Waals surface area contributed by atoms with Gasteiger partial charge in [0.1, 0.15) is 6.61 Å². The Labute approximate surface area is 70.1 Å². The smallest absolute Gasteiger partial charge is 0.405 e. The van der Waals surface area contributed by atoms with Gasteiger partial charge in [-0.15, -0.1) is 0 Å². The van der Waals surface area contributed by atoms with Crippen LogP contribution >= 0.6 is 0 Å². The van der Waals surface area contributed by atoms with Gasteiger partial charge in [0.05, 0.1) is 0 Å². The van der Waals surface area contributed by atoms with Crippen LogP contribution in [0.15, 0.2) is 12.7 Å². The van der Waals surface area contributed by atoms with E-state index in [9.17, 15) is 9.59 Å². The molecule has 0 aromatic carbocycles. The predicted molar refractivity (Wildman–Crippen MR) is 41.3 cm³/mol. The van der Waals surface area contributed by atoms with Crippen LogP contribution in [0.2, 0.25) is 0 Å². The topological polar surface area (TPSA) is 78.6 Å². The molecule has 0 heterocycles. The summed E-state index contributed by atoms with van der Waals surface area (Å²) in [5.74, 6) is -0.645. The zero-order valence-electron chi connectivity index (χ0n) is 6.78. The lowest BCUT2D eigenvalue weighted by molar-refractivity contribution is -0.151. The van der Waals surface area contributed by atoms with Gasteiger partial charge in [-0.25, -0.2) is 9.59 Å². The zero-order chi connectivity index (χ0) is 9.56. The Morgan fingerprint density at radius 2 is 2.25 bits per heavy atom. The summed E-state index contributed by atoms with van der Waals surface area (Å²) < 4.78 is 8.90. The fourth-order valence-electron chi connectivity index (χ4n) is 0.481. The van der Waals surface area contributed by atoms with E-state index in [4.69, 9.17) is 0 Å². The number of carbonyl (C=O) groups excluding carboxylic acids is 2. The van der Waals surface area contributed by atoms with Crippen molar-refractivity contribution in [1.29, 1.82) is 0 Å². The predicted octanol–water partition coefficient (Wildman–Crippen LogP) is 0.199. The fraction of sp³-hybridized carbons (Fsp3) is 0.429. The van der Waals surface area contributed by atoms with Crippen LogP contribution in [-0.2, 0) is 14.3 Å². The molecule has 0 aromatic heterocycles. The van der Waals surface area contributed by atoms with Crippen LogP contribution in [0.4, 0.5) is 4.79 Å². The molecule has 1 atom stereocenters. The second kappa shape index (κ2) is 5.17. The van der Waals surface area contributed by atoms with Crippen molar-refractivity contribution in [3.63, 3.8) is 0 Å². The summed E-state index contributed by atoms with van der Waals surface area (Å²) in [5, 5.41) is 0. The Balaban J connectivity index is 3.76. The van der Waals surface area contributed by atoms with Gasteiger partial charge in [-0.3, -0.25) is 0 Å². The third kappa shape index (κ3) is 4.32. The third-order valence-electron chi connectivity index (χ3n) is 0.968. The molecule has 0 saturated carbocycles.